The number of benzene rings is 2. The Hall–Kier alpha value is -3.35. The van der Waals surface area contributed by atoms with Gasteiger partial charge in [-0.05, 0) is 80.7 Å². The number of likely N-dealkylation sites (tertiary alicyclic amines) is 1. The second-order valence-corrected chi connectivity index (χ2v) is 10.6. The summed E-state index contributed by atoms with van der Waals surface area (Å²) in [5.74, 6) is 1.11. The molecule has 0 unspecified atom stereocenters. The van der Waals surface area contributed by atoms with Crippen LogP contribution < -0.4 is 10.1 Å². The number of para-hydroxylation sites is 1. The molecule has 0 atom stereocenters. The molecule has 2 aliphatic heterocycles. The molecule has 0 saturated carbocycles. The Labute approximate surface area is 219 Å². The van der Waals surface area contributed by atoms with E-state index in [0.717, 1.165) is 61.9 Å². The normalized spacial score (nSPS) is 19.1. The molecule has 2 amide bonds. The van der Waals surface area contributed by atoms with Crippen LogP contribution in [0.3, 0.4) is 0 Å². The Bertz CT molecular complexity index is 1240. The molecule has 196 valence electrons. The lowest BCUT2D eigenvalue weighted by Gasteiger charge is -2.42. The van der Waals surface area contributed by atoms with Crippen molar-refractivity contribution in [1.82, 2.24) is 19.8 Å². The van der Waals surface area contributed by atoms with Crippen molar-refractivity contribution in [2.75, 3.05) is 26.2 Å². The van der Waals surface area contributed by atoms with Gasteiger partial charge in [0.15, 0.2) is 0 Å². The highest BCUT2D eigenvalue weighted by molar-refractivity contribution is 5.97. The summed E-state index contributed by atoms with van der Waals surface area (Å²) in [6.07, 6.45) is 9.05. The number of nitrogens with one attached hydrogen (secondary N) is 1. The van der Waals surface area contributed by atoms with Crippen LogP contribution in [0.1, 0.15) is 67.8 Å². The van der Waals surface area contributed by atoms with Crippen LogP contribution in [-0.2, 0) is 17.8 Å². The first-order valence-electron chi connectivity index (χ1n) is 13.8. The molecule has 2 aromatic carbocycles. The monoisotopic (exact) mass is 502 g/mol. The first-order valence-corrected chi connectivity index (χ1v) is 13.8. The van der Waals surface area contributed by atoms with E-state index in [9.17, 15) is 9.59 Å². The van der Waals surface area contributed by atoms with Crippen LogP contribution in [0.5, 0.6) is 5.75 Å². The molecule has 37 heavy (non-hydrogen) atoms. The Morgan fingerprint density at radius 3 is 2.73 bits per heavy atom. The fraction of sp³-hybridized carbons (Fsp3) is 0.500. The first-order chi connectivity index (χ1) is 18.1. The highest BCUT2D eigenvalue weighted by Gasteiger charge is 2.36. The molecule has 1 spiro atoms. The molecule has 0 radical (unpaired) electrons. The zero-order chi connectivity index (χ0) is 25.7. The number of hydrogen-bond donors (Lipinski definition) is 1. The van der Waals surface area contributed by atoms with Crippen LogP contribution in [0.4, 0.5) is 0 Å². The molecule has 7 heteroatoms. The van der Waals surface area contributed by atoms with Gasteiger partial charge in [-0.3, -0.25) is 9.59 Å². The molecular formula is C30H38N4O3. The van der Waals surface area contributed by atoms with Gasteiger partial charge >= 0.3 is 0 Å². The average Bonchev–Trinajstić information content (AvgIpc) is 3.35. The van der Waals surface area contributed by atoms with Gasteiger partial charge in [-0.25, -0.2) is 4.98 Å². The number of carbonyl (C=O) groups is 2. The molecule has 2 aliphatic rings. The van der Waals surface area contributed by atoms with Crippen molar-refractivity contribution in [1.29, 1.82) is 0 Å². The van der Waals surface area contributed by atoms with Gasteiger partial charge in [0.2, 0.25) is 5.91 Å². The van der Waals surface area contributed by atoms with Crippen molar-refractivity contribution in [3.05, 3.63) is 59.9 Å². The molecule has 3 aromatic rings. The van der Waals surface area contributed by atoms with Crippen molar-refractivity contribution in [3.8, 4) is 5.75 Å². The Balaban J connectivity index is 1.24. The molecule has 1 N–H and O–H groups in total. The van der Waals surface area contributed by atoms with Gasteiger partial charge in [0.05, 0.1) is 24.0 Å². The molecule has 5 rings (SSSR count). The smallest absolute Gasteiger partial charge is 0.253 e. The second kappa shape index (κ2) is 11.4. The third-order valence-electron chi connectivity index (χ3n) is 8.16. The fourth-order valence-corrected chi connectivity index (χ4v) is 5.79. The van der Waals surface area contributed by atoms with Crippen molar-refractivity contribution in [3.63, 3.8) is 0 Å². The van der Waals surface area contributed by atoms with E-state index in [1.807, 2.05) is 41.6 Å². The highest BCUT2D eigenvalue weighted by atomic mass is 16.5. The molecular weight excluding hydrogens is 464 g/mol. The Morgan fingerprint density at radius 1 is 1.05 bits per heavy atom. The zero-order valence-electron chi connectivity index (χ0n) is 21.9. The third kappa shape index (κ3) is 5.81. The van der Waals surface area contributed by atoms with Crippen LogP contribution in [-0.4, -0.2) is 52.5 Å². The quantitative estimate of drug-likeness (QED) is 0.536. The Morgan fingerprint density at radius 2 is 1.89 bits per heavy atom. The number of piperidine rings is 1. The number of fused-ring (bicyclic) bond motifs is 2. The van der Waals surface area contributed by atoms with E-state index in [4.69, 9.17) is 4.74 Å². The topological polar surface area (TPSA) is 76.5 Å². The number of amides is 2. The maximum absolute atomic E-state index is 13.3. The number of ether oxygens (including phenoxy) is 1. The molecule has 1 fully saturated rings. The fourth-order valence-electron chi connectivity index (χ4n) is 5.79. The number of nitrogens with zero attached hydrogens (tertiary/aromatic N) is 3. The number of carbonyl (C=O) groups excluding carboxylic acids is 2. The lowest BCUT2D eigenvalue weighted by molar-refractivity contribution is -0.122. The maximum Gasteiger partial charge on any atom is 0.253 e. The summed E-state index contributed by atoms with van der Waals surface area (Å²) < 4.78 is 8.05. The van der Waals surface area contributed by atoms with Crippen LogP contribution >= 0.6 is 0 Å². The van der Waals surface area contributed by atoms with Gasteiger partial charge in [0, 0.05) is 38.2 Å². The molecule has 1 aromatic heterocycles. The van der Waals surface area contributed by atoms with Crippen molar-refractivity contribution in [2.24, 2.45) is 5.41 Å². The van der Waals surface area contributed by atoms with E-state index in [0.29, 0.717) is 44.6 Å². The minimum absolute atomic E-state index is 0.0381. The first kappa shape index (κ1) is 25.3. The average molecular weight is 503 g/mol. The maximum atomic E-state index is 13.3. The van der Waals surface area contributed by atoms with Gasteiger partial charge < -0.3 is 19.5 Å². The summed E-state index contributed by atoms with van der Waals surface area (Å²) >= 11 is 0. The van der Waals surface area contributed by atoms with Crippen LogP contribution in [0.25, 0.3) is 11.0 Å². The predicted octanol–water partition coefficient (Wildman–Crippen LogP) is 4.98. The number of aryl methyl sites for hydroxylation is 2. The van der Waals surface area contributed by atoms with Crippen molar-refractivity contribution in [2.45, 2.75) is 64.8 Å². The molecule has 7 nitrogen and oxygen atoms in total. The summed E-state index contributed by atoms with van der Waals surface area (Å²) in [7, 11) is 0. The number of hydrogen-bond acceptors (Lipinski definition) is 4. The van der Waals surface area contributed by atoms with E-state index >= 15 is 0 Å². The number of aromatic nitrogens is 2. The predicted molar refractivity (Wildman–Crippen MR) is 145 cm³/mol. The van der Waals surface area contributed by atoms with E-state index in [1.54, 1.807) is 0 Å². The zero-order valence-corrected chi connectivity index (χ0v) is 21.9. The molecule has 0 aliphatic carbocycles. The van der Waals surface area contributed by atoms with E-state index in [2.05, 4.69) is 33.9 Å². The van der Waals surface area contributed by atoms with Gasteiger partial charge in [0.25, 0.3) is 5.91 Å². The number of imidazole rings is 1. The second-order valence-electron chi connectivity index (χ2n) is 10.6. The minimum Gasteiger partial charge on any atom is -0.493 e. The van der Waals surface area contributed by atoms with Crippen LogP contribution in [0, 0.1) is 5.41 Å². The van der Waals surface area contributed by atoms with E-state index < -0.39 is 0 Å². The summed E-state index contributed by atoms with van der Waals surface area (Å²) in [5, 5.41) is 3.21. The van der Waals surface area contributed by atoms with Crippen molar-refractivity contribution < 1.29 is 14.3 Å². The summed E-state index contributed by atoms with van der Waals surface area (Å²) in [5.41, 5.74) is 3.91. The lowest BCUT2D eigenvalue weighted by atomic mass is 9.74. The minimum atomic E-state index is 0.0381. The largest absolute Gasteiger partial charge is 0.493 e. The van der Waals surface area contributed by atoms with E-state index in [1.165, 1.54) is 5.56 Å². The van der Waals surface area contributed by atoms with E-state index in [-0.39, 0.29) is 17.2 Å². The molecule has 0 bridgehead atoms. The summed E-state index contributed by atoms with van der Waals surface area (Å²) in [6, 6.07) is 14.1. The summed E-state index contributed by atoms with van der Waals surface area (Å²) in [6.45, 7) is 5.61. The highest BCUT2D eigenvalue weighted by Crippen LogP contribution is 2.37. The lowest BCUT2D eigenvalue weighted by Crippen LogP contribution is -2.48. The standard InChI is InChI=1S/C30H38N4O3/c1-2-33-22-32-25-20-24(12-13-26(25)33)29(36)34-17-15-30(16-18-34)14-6-5-9-23-8-3-4-10-27(23)37-19-7-11-28(35)31-21-30/h3-4,8,10,12-13,20,22H,2,5-7,9,11,14-19,21H2,1H3,(H,31,35). The SMILES string of the molecule is CCn1cnc2cc(C(=O)N3CCC4(CCCCc5ccccc5OCCCC(=O)NC4)CC3)ccc21. The van der Waals surface area contributed by atoms with Gasteiger partial charge in [-0.15, -0.1) is 0 Å². The molecule has 1 saturated heterocycles. The third-order valence-corrected chi connectivity index (χ3v) is 8.16. The van der Waals surface area contributed by atoms with Gasteiger partial charge in [0.1, 0.15) is 5.75 Å². The summed E-state index contributed by atoms with van der Waals surface area (Å²) in [4.78, 5) is 32.4. The Kier molecular flexibility index (Phi) is 7.77. The van der Waals surface area contributed by atoms with Gasteiger partial charge in [-0.2, -0.15) is 0 Å². The molecule has 3 heterocycles. The van der Waals surface area contributed by atoms with Crippen LogP contribution in [0.2, 0.25) is 0 Å². The number of rotatable bonds is 2. The van der Waals surface area contributed by atoms with Crippen LogP contribution in [0.15, 0.2) is 48.8 Å². The van der Waals surface area contributed by atoms with Gasteiger partial charge in [-0.1, -0.05) is 24.6 Å². The van der Waals surface area contributed by atoms with Crippen molar-refractivity contribution >= 4 is 22.8 Å².